The smallest absolute Gasteiger partial charge is 0.481 e. The molecule has 5 aromatic carbocycles. The predicted octanol–water partition coefficient (Wildman–Crippen LogP) is 3.27. The molecule has 7 aliphatic rings. The molecule has 5 atom stereocenters. The summed E-state index contributed by atoms with van der Waals surface area (Å²) in [6, 6.07) is 32.2. The Morgan fingerprint density at radius 2 is 1.09 bits per heavy atom. The van der Waals surface area contributed by atoms with Gasteiger partial charge in [0.25, 0.3) is 0 Å². The third-order valence-electron chi connectivity index (χ3n) is 11.5. The summed E-state index contributed by atoms with van der Waals surface area (Å²) in [6.07, 6.45) is -4.06. The molecule has 0 radical (unpaired) electrons. The highest BCUT2D eigenvalue weighted by atomic mass is 16.8. The van der Waals surface area contributed by atoms with Crippen LogP contribution in [-0.4, -0.2) is 102 Å². The van der Waals surface area contributed by atoms with Gasteiger partial charge in [0.05, 0.1) is 25.6 Å². The number of aliphatic carboxylic acids is 2. The van der Waals surface area contributed by atoms with E-state index in [-0.39, 0.29) is 19.4 Å². The summed E-state index contributed by atoms with van der Waals surface area (Å²) in [7, 11) is -1.53. The average Bonchev–Trinajstić information content (AvgIpc) is 3.93. The van der Waals surface area contributed by atoms with E-state index in [4.69, 9.17) is 23.4 Å². The Labute approximate surface area is 324 Å². The van der Waals surface area contributed by atoms with Crippen molar-refractivity contribution in [1.82, 2.24) is 9.80 Å². The topological polar surface area (TPSA) is 147 Å². The van der Waals surface area contributed by atoms with Crippen LogP contribution in [0.5, 0.6) is 0 Å². The molecule has 8 bridgehead atoms. The summed E-state index contributed by atoms with van der Waals surface area (Å²) in [5.41, 5.74) is 5.59. The van der Waals surface area contributed by atoms with E-state index in [0.29, 0.717) is 39.3 Å². The van der Waals surface area contributed by atoms with Gasteiger partial charge < -0.3 is 38.7 Å². The van der Waals surface area contributed by atoms with Crippen molar-refractivity contribution in [3.8, 4) is 0 Å². The van der Waals surface area contributed by atoms with Crippen LogP contribution in [0.3, 0.4) is 0 Å². The zero-order valence-electron chi connectivity index (χ0n) is 30.7. The predicted molar refractivity (Wildman–Crippen MR) is 209 cm³/mol. The fourth-order valence-electron chi connectivity index (χ4n) is 8.75. The number of ether oxygens (including phenoxy) is 1. The maximum absolute atomic E-state index is 12.0. The minimum Gasteiger partial charge on any atom is -0.481 e. The lowest BCUT2D eigenvalue weighted by Crippen LogP contribution is -2.45. The van der Waals surface area contributed by atoms with Gasteiger partial charge in [0, 0.05) is 39.3 Å². The van der Waals surface area contributed by atoms with Gasteiger partial charge in [-0.3, -0.25) is 19.4 Å². The number of nitrogens with zero attached hydrogens (tertiary/aromatic N) is 2. The highest BCUT2D eigenvalue weighted by Crippen LogP contribution is 2.37. The third-order valence-corrected chi connectivity index (χ3v) is 11.5. The molecule has 5 aromatic rings. The van der Waals surface area contributed by atoms with Crippen molar-refractivity contribution in [2.45, 2.75) is 69.7 Å². The number of carboxylic acids is 2. The van der Waals surface area contributed by atoms with E-state index in [1.165, 1.54) is 0 Å². The Morgan fingerprint density at radius 1 is 0.607 bits per heavy atom. The molecule has 12 rings (SSSR count). The van der Waals surface area contributed by atoms with Crippen molar-refractivity contribution >= 4 is 58.6 Å². The Morgan fingerprint density at radius 3 is 1.59 bits per heavy atom. The van der Waals surface area contributed by atoms with E-state index in [1.54, 1.807) is 0 Å². The van der Waals surface area contributed by atoms with Crippen LogP contribution in [0, 0.1) is 0 Å². The van der Waals surface area contributed by atoms with E-state index in [0.717, 1.165) is 54.7 Å². The lowest BCUT2D eigenvalue weighted by Gasteiger charge is -2.28. The first kappa shape index (κ1) is 37.0. The van der Waals surface area contributed by atoms with E-state index in [1.807, 2.05) is 72.8 Å². The highest BCUT2D eigenvalue weighted by molar-refractivity contribution is 6.62. The Balaban J connectivity index is 1.18. The van der Waals surface area contributed by atoms with Crippen molar-refractivity contribution in [2.24, 2.45) is 0 Å². The van der Waals surface area contributed by atoms with Gasteiger partial charge in [0.2, 0.25) is 0 Å². The normalized spacial score (nSPS) is 24.3. The number of benzene rings is 5. The molecule has 56 heavy (non-hydrogen) atoms. The maximum atomic E-state index is 12.0. The van der Waals surface area contributed by atoms with Crippen molar-refractivity contribution in [3.63, 3.8) is 0 Å². The van der Waals surface area contributed by atoms with Crippen molar-refractivity contribution in [1.29, 1.82) is 0 Å². The zero-order valence-corrected chi connectivity index (χ0v) is 30.7. The number of hydrogen-bond acceptors (Lipinski definition) is 10. The fraction of sp³-hybridized carbons (Fsp3) is 0.333. The monoisotopic (exact) mass is 756 g/mol. The number of aliphatic hydroxyl groups excluding tert-OH is 1. The molecule has 0 saturated carbocycles. The highest BCUT2D eigenvalue weighted by Gasteiger charge is 2.57. The minimum atomic E-state index is -1.04. The summed E-state index contributed by atoms with van der Waals surface area (Å²) >= 11 is 0. The number of aliphatic hydroxyl groups is 1. The van der Waals surface area contributed by atoms with Gasteiger partial charge in [-0.25, -0.2) is 0 Å². The molecule has 0 spiro atoms. The number of rotatable bonds is 6. The molecule has 0 unspecified atom stereocenters. The van der Waals surface area contributed by atoms with Crippen LogP contribution in [0.4, 0.5) is 0 Å². The largest absolute Gasteiger partial charge is 0.496 e. The number of carbonyl (C=O) groups is 2. The number of hydrogen-bond donors (Lipinski definition) is 3. The first-order chi connectivity index (χ1) is 27.3. The molecule has 286 valence electrons. The van der Waals surface area contributed by atoms with Gasteiger partial charge in [-0.2, -0.15) is 0 Å². The second-order valence-corrected chi connectivity index (χ2v) is 15.0. The van der Waals surface area contributed by atoms with Crippen molar-refractivity contribution < 1.29 is 48.3 Å². The first-order valence-electron chi connectivity index (χ1n) is 19.2. The summed E-state index contributed by atoms with van der Waals surface area (Å²) < 4.78 is 31.7. The quantitative estimate of drug-likeness (QED) is 0.173. The standard InChI is InChI=1S/C42H42B2N2O10/c47-37(48)17-19-45-21-26-9-1-7-15-34(26)43-52-25-36(54-43)40-39(51)41-42(53-40)56-44(55-41)35-16-8-2-10-27(35)22-46(20-18-38(49)50)24-33-30-13-5-3-11-28(30)32(23-45)29-12-4-6-14-31(29)33/h1-16,36,39-42,51H,17-25H2,(H,47,48)(H,49,50)/t36-,39-,40-,41-,42-/m1/s1. The van der Waals surface area contributed by atoms with E-state index < -0.39 is 56.9 Å². The molecular formula is C42H42B2N2O10. The summed E-state index contributed by atoms with van der Waals surface area (Å²) in [5.74, 6) is -1.77. The molecule has 7 heterocycles. The Bertz CT molecular complexity index is 2220. The Hall–Kier alpha value is -4.63. The van der Waals surface area contributed by atoms with Gasteiger partial charge in [-0.15, -0.1) is 0 Å². The van der Waals surface area contributed by atoms with Crippen LogP contribution in [0.15, 0.2) is 97.1 Å². The summed E-state index contributed by atoms with van der Waals surface area (Å²) in [5, 5.41) is 35.4. The molecule has 3 N–H and O–H groups in total. The first-order valence-corrected chi connectivity index (χ1v) is 19.2. The van der Waals surface area contributed by atoms with Gasteiger partial charge in [0.15, 0.2) is 6.29 Å². The van der Waals surface area contributed by atoms with Crippen LogP contribution >= 0.6 is 0 Å². The van der Waals surface area contributed by atoms with Crippen LogP contribution in [-0.2, 0) is 59.1 Å². The molecule has 0 amide bonds. The van der Waals surface area contributed by atoms with Gasteiger partial charge in [-0.1, -0.05) is 97.1 Å². The van der Waals surface area contributed by atoms with Gasteiger partial charge in [0.1, 0.15) is 18.3 Å². The molecular weight excluding hydrogens is 714 g/mol. The molecule has 3 fully saturated rings. The molecule has 14 heteroatoms. The molecule has 12 nitrogen and oxygen atoms in total. The third kappa shape index (κ3) is 7.23. The molecule has 7 aliphatic heterocycles. The second-order valence-electron chi connectivity index (χ2n) is 15.0. The van der Waals surface area contributed by atoms with Crippen LogP contribution in [0.1, 0.15) is 35.1 Å². The van der Waals surface area contributed by atoms with Crippen LogP contribution in [0.2, 0.25) is 0 Å². The Kier molecular flexibility index (Phi) is 10.4. The SMILES string of the molecule is O=C(O)CCN1Cc2ccccc2B2O[C@H]3O[C@@H]([C@@H](O)[C@H]3O2)[C@H]2COB(O2)c2ccccc2CN(CCC(=O)O)Cc2c3ccccc3c(c3ccccc23)C1. The van der Waals surface area contributed by atoms with Crippen LogP contribution in [0.25, 0.3) is 21.5 Å². The molecule has 0 aliphatic carbocycles. The minimum absolute atomic E-state index is 0.0428. The lowest BCUT2D eigenvalue weighted by molar-refractivity contribution is -0.138. The zero-order chi connectivity index (χ0) is 38.3. The fourth-order valence-corrected chi connectivity index (χ4v) is 8.75. The molecule has 3 saturated heterocycles. The van der Waals surface area contributed by atoms with E-state index in [2.05, 4.69) is 34.1 Å². The van der Waals surface area contributed by atoms with E-state index in [9.17, 15) is 24.9 Å². The van der Waals surface area contributed by atoms with Crippen molar-refractivity contribution in [2.75, 3.05) is 19.7 Å². The number of carboxylic acid groups (broad SMARTS) is 2. The van der Waals surface area contributed by atoms with E-state index >= 15 is 0 Å². The van der Waals surface area contributed by atoms with Gasteiger partial charge in [-0.05, 0) is 54.7 Å². The van der Waals surface area contributed by atoms with Crippen LogP contribution < -0.4 is 10.9 Å². The van der Waals surface area contributed by atoms with Crippen molar-refractivity contribution in [3.05, 3.63) is 119 Å². The van der Waals surface area contributed by atoms with Gasteiger partial charge >= 0.3 is 26.2 Å². The second kappa shape index (κ2) is 15.7. The lowest BCUT2D eigenvalue weighted by atomic mass is 9.76. The summed E-state index contributed by atoms with van der Waals surface area (Å²) in [6.45, 7) is 2.56. The summed E-state index contributed by atoms with van der Waals surface area (Å²) in [4.78, 5) is 28.3. The molecule has 0 aromatic heterocycles. The average molecular weight is 756 g/mol. The maximum Gasteiger partial charge on any atom is 0.496 e.